The van der Waals surface area contributed by atoms with E-state index in [2.05, 4.69) is 0 Å². The van der Waals surface area contributed by atoms with Crippen LogP contribution in [0, 0.1) is 0 Å². The minimum Gasteiger partial charge on any atom is -0.508 e. The van der Waals surface area contributed by atoms with Crippen molar-refractivity contribution in [2.24, 2.45) is 0 Å². The number of phenolic OH excluding ortho intramolecular Hbond substituents is 2. The molecular formula is C14H21ClO2. The molecule has 0 aliphatic carbocycles. The van der Waals surface area contributed by atoms with Gasteiger partial charge in [0.2, 0.25) is 0 Å². The van der Waals surface area contributed by atoms with Gasteiger partial charge in [0.05, 0.1) is 0 Å². The standard InChI is InChI=1S/C14H21ClO2/c1-2-11-8-9-13(16)12(14(11)17)7-5-3-4-6-10-15/h8-9,16-17H,2-7,10H2,1H3. The Morgan fingerprint density at radius 1 is 1.06 bits per heavy atom. The van der Waals surface area contributed by atoms with E-state index in [1.807, 2.05) is 6.92 Å². The van der Waals surface area contributed by atoms with Crippen LogP contribution in [0.25, 0.3) is 0 Å². The number of phenols is 2. The van der Waals surface area contributed by atoms with Crippen LogP contribution in [0.2, 0.25) is 0 Å². The third-order valence-electron chi connectivity index (χ3n) is 3.03. The van der Waals surface area contributed by atoms with Gasteiger partial charge in [-0.25, -0.2) is 0 Å². The molecule has 0 heterocycles. The molecule has 0 radical (unpaired) electrons. The molecule has 2 nitrogen and oxygen atoms in total. The number of unbranched alkanes of at least 4 members (excludes halogenated alkanes) is 3. The lowest BCUT2D eigenvalue weighted by Gasteiger charge is -2.10. The smallest absolute Gasteiger partial charge is 0.125 e. The second kappa shape index (κ2) is 7.44. The molecule has 0 unspecified atom stereocenters. The van der Waals surface area contributed by atoms with Crippen LogP contribution in [-0.4, -0.2) is 16.1 Å². The lowest BCUT2D eigenvalue weighted by atomic mass is 10.0. The van der Waals surface area contributed by atoms with Crippen molar-refractivity contribution in [3.8, 4) is 11.5 Å². The fourth-order valence-electron chi connectivity index (χ4n) is 1.96. The van der Waals surface area contributed by atoms with Crippen molar-refractivity contribution in [3.63, 3.8) is 0 Å². The molecule has 2 N–H and O–H groups in total. The van der Waals surface area contributed by atoms with E-state index in [-0.39, 0.29) is 11.5 Å². The second-order valence-electron chi connectivity index (χ2n) is 4.28. The molecule has 1 aromatic rings. The fraction of sp³-hybridized carbons (Fsp3) is 0.571. The monoisotopic (exact) mass is 256 g/mol. The lowest BCUT2D eigenvalue weighted by Crippen LogP contribution is -1.92. The molecule has 0 aliphatic rings. The van der Waals surface area contributed by atoms with Crippen LogP contribution < -0.4 is 0 Å². The molecule has 0 fully saturated rings. The van der Waals surface area contributed by atoms with Crippen molar-refractivity contribution in [1.82, 2.24) is 0 Å². The molecule has 1 aromatic carbocycles. The van der Waals surface area contributed by atoms with Crippen LogP contribution in [0.4, 0.5) is 0 Å². The van der Waals surface area contributed by atoms with Gasteiger partial charge in [-0.3, -0.25) is 0 Å². The minimum absolute atomic E-state index is 0.206. The molecular weight excluding hydrogens is 236 g/mol. The highest BCUT2D eigenvalue weighted by Crippen LogP contribution is 2.32. The number of aryl methyl sites for hydroxylation is 1. The van der Waals surface area contributed by atoms with Crippen LogP contribution in [-0.2, 0) is 12.8 Å². The summed E-state index contributed by atoms with van der Waals surface area (Å²) >= 11 is 5.61. The molecule has 0 saturated carbocycles. The number of hydrogen-bond donors (Lipinski definition) is 2. The van der Waals surface area contributed by atoms with Gasteiger partial charge in [-0.05, 0) is 37.3 Å². The normalized spacial score (nSPS) is 10.7. The first kappa shape index (κ1) is 14.2. The van der Waals surface area contributed by atoms with Crippen LogP contribution in [0.3, 0.4) is 0 Å². The Balaban J connectivity index is 2.57. The lowest BCUT2D eigenvalue weighted by molar-refractivity contribution is 0.432. The predicted octanol–water partition coefficient (Wildman–Crippen LogP) is 4.00. The van der Waals surface area contributed by atoms with E-state index in [9.17, 15) is 10.2 Å². The second-order valence-corrected chi connectivity index (χ2v) is 4.66. The van der Waals surface area contributed by atoms with E-state index in [1.165, 1.54) is 0 Å². The van der Waals surface area contributed by atoms with E-state index in [1.54, 1.807) is 12.1 Å². The number of aromatic hydroxyl groups is 2. The summed E-state index contributed by atoms with van der Waals surface area (Å²) in [4.78, 5) is 0. The van der Waals surface area contributed by atoms with E-state index < -0.39 is 0 Å². The van der Waals surface area contributed by atoms with E-state index in [0.717, 1.165) is 44.1 Å². The zero-order valence-corrected chi connectivity index (χ0v) is 11.1. The summed E-state index contributed by atoms with van der Waals surface area (Å²) in [5.41, 5.74) is 1.59. The third kappa shape index (κ3) is 4.12. The molecule has 0 spiro atoms. The van der Waals surface area contributed by atoms with E-state index >= 15 is 0 Å². The minimum atomic E-state index is 0.206. The summed E-state index contributed by atoms with van der Waals surface area (Å²) in [7, 11) is 0. The zero-order chi connectivity index (χ0) is 12.7. The van der Waals surface area contributed by atoms with Gasteiger partial charge in [0.15, 0.2) is 0 Å². The first-order valence-electron chi connectivity index (χ1n) is 6.29. The molecule has 0 aliphatic heterocycles. The molecule has 96 valence electrons. The van der Waals surface area contributed by atoms with Crippen LogP contribution in [0.15, 0.2) is 12.1 Å². The molecule has 17 heavy (non-hydrogen) atoms. The fourth-order valence-corrected chi connectivity index (χ4v) is 2.14. The summed E-state index contributed by atoms with van der Waals surface area (Å²) in [6, 6.07) is 3.45. The average molecular weight is 257 g/mol. The third-order valence-corrected chi connectivity index (χ3v) is 3.30. The molecule has 3 heteroatoms. The Kier molecular flexibility index (Phi) is 6.20. The highest BCUT2D eigenvalue weighted by molar-refractivity contribution is 6.17. The van der Waals surface area contributed by atoms with E-state index in [4.69, 9.17) is 11.6 Å². The van der Waals surface area contributed by atoms with Gasteiger partial charge in [-0.2, -0.15) is 0 Å². The van der Waals surface area contributed by atoms with Crippen molar-refractivity contribution in [2.75, 3.05) is 5.88 Å². The number of halogens is 1. The molecule has 0 saturated heterocycles. The van der Waals surface area contributed by atoms with Crippen molar-refractivity contribution in [3.05, 3.63) is 23.3 Å². The molecule has 0 amide bonds. The molecule has 1 rings (SSSR count). The summed E-state index contributed by atoms with van der Waals surface area (Å²) in [6.45, 7) is 2.00. The highest BCUT2D eigenvalue weighted by atomic mass is 35.5. The first-order valence-corrected chi connectivity index (χ1v) is 6.82. The SMILES string of the molecule is CCc1ccc(O)c(CCCCCCCl)c1O. The Labute approximate surface area is 108 Å². The number of rotatable bonds is 7. The van der Waals surface area contributed by atoms with E-state index in [0.29, 0.717) is 11.4 Å². The summed E-state index contributed by atoms with van der Waals surface area (Å²) in [5, 5.41) is 19.7. The summed E-state index contributed by atoms with van der Waals surface area (Å²) < 4.78 is 0. The largest absolute Gasteiger partial charge is 0.508 e. The van der Waals surface area contributed by atoms with Crippen LogP contribution in [0.5, 0.6) is 11.5 Å². The van der Waals surface area contributed by atoms with Crippen LogP contribution in [0.1, 0.15) is 43.7 Å². The van der Waals surface area contributed by atoms with Gasteiger partial charge in [-0.15, -0.1) is 11.6 Å². The topological polar surface area (TPSA) is 40.5 Å². The maximum atomic E-state index is 9.99. The average Bonchev–Trinajstić information content (AvgIpc) is 2.33. The first-order chi connectivity index (χ1) is 8.20. The van der Waals surface area contributed by atoms with Crippen molar-refractivity contribution < 1.29 is 10.2 Å². The molecule has 0 bridgehead atoms. The molecule has 0 aromatic heterocycles. The van der Waals surface area contributed by atoms with Gasteiger partial charge in [-0.1, -0.05) is 25.8 Å². The quantitative estimate of drug-likeness (QED) is 0.572. The number of hydrogen-bond acceptors (Lipinski definition) is 2. The Bertz CT molecular complexity index is 350. The van der Waals surface area contributed by atoms with Crippen molar-refractivity contribution in [2.45, 2.75) is 45.4 Å². The summed E-state index contributed by atoms with van der Waals surface area (Å²) in [6.07, 6.45) is 5.72. The maximum Gasteiger partial charge on any atom is 0.125 e. The Morgan fingerprint density at radius 3 is 2.41 bits per heavy atom. The van der Waals surface area contributed by atoms with Gasteiger partial charge < -0.3 is 10.2 Å². The summed E-state index contributed by atoms with van der Waals surface area (Å²) in [5.74, 6) is 1.18. The van der Waals surface area contributed by atoms with Crippen LogP contribution >= 0.6 is 11.6 Å². The Hall–Kier alpha value is -0.890. The predicted molar refractivity (Wildman–Crippen MR) is 72.0 cm³/mol. The van der Waals surface area contributed by atoms with Gasteiger partial charge in [0.1, 0.15) is 11.5 Å². The number of benzene rings is 1. The zero-order valence-electron chi connectivity index (χ0n) is 10.4. The van der Waals surface area contributed by atoms with Gasteiger partial charge in [0.25, 0.3) is 0 Å². The number of alkyl halides is 1. The molecule has 0 atom stereocenters. The van der Waals surface area contributed by atoms with Crippen molar-refractivity contribution in [1.29, 1.82) is 0 Å². The van der Waals surface area contributed by atoms with Crippen molar-refractivity contribution >= 4 is 11.6 Å². The Morgan fingerprint density at radius 2 is 1.76 bits per heavy atom. The maximum absolute atomic E-state index is 9.99. The highest BCUT2D eigenvalue weighted by Gasteiger charge is 2.10. The van der Waals surface area contributed by atoms with Gasteiger partial charge in [0, 0.05) is 11.4 Å². The van der Waals surface area contributed by atoms with Gasteiger partial charge >= 0.3 is 0 Å².